The van der Waals surface area contributed by atoms with E-state index in [0.717, 1.165) is 11.1 Å². The van der Waals surface area contributed by atoms with E-state index in [1.54, 1.807) is 25.1 Å². The molecule has 0 bridgehead atoms. The predicted octanol–water partition coefficient (Wildman–Crippen LogP) is 3.47. The fraction of sp³-hybridized carbons (Fsp3) is 0.111. The molecule has 0 heterocycles. The van der Waals surface area contributed by atoms with Crippen molar-refractivity contribution in [3.05, 3.63) is 72.3 Å². The Morgan fingerprint density at radius 1 is 1.10 bits per heavy atom. The SMILES string of the molecule is C=CCNC(=O)c1ccc(-c2ccccc2C(C)=O)cc1. The maximum atomic E-state index is 11.8. The first-order valence-electron chi connectivity index (χ1n) is 6.73. The topological polar surface area (TPSA) is 46.2 Å². The molecule has 1 amide bonds. The summed E-state index contributed by atoms with van der Waals surface area (Å²) in [7, 11) is 0. The lowest BCUT2D eigenvalue weighted by Crippen LogP contribution is -2.22. The summed E-state index contributed by atoms with van der Waals surface area (Å²) in [5.74, 6) is -0.111. The molecule has 2 aromatic carbocycles. The molecule has 3 heteroatoms. The van der Waals surface area contributed by atoms with Crippen molar-refractivity contribution in [2.24, 2.45) is 0 Å². The molecule has 0 fully saturated rings. The Morgan fingerprint density at radius 3 is 2.38 bits per heavy atom. The average molecular weight is 279 g/mol. The summed E-state index contributed by atoms with van der Waals surface area (Å²) in [5, 5.41) is 2.73. The van der Waals surface area contributed by atoms with Gasteiger partial charge in [-0.25, -0.2) is 0 Å². The van der Waals surface area contributed by atoms with Gasteiger partial charge in [0.1, 0.15) is 0 Å². The van der Waals surface area contributed by atoms with Gasteiger partial charge in [0.2, 0.25) is 0 Å². The fourth-order valence-electron chi connectivity index (χ4n) is 2.11. The second kappa shape index (κ2) is 6.66. The quantitative estimate of drug-likeness (QED) is 0.673. The standard InChI is InChI=1S/C18H17NO2/c1-3-12-19-18(21)15-10-8-14(9-11-15)17-7-5-4-6-16(17)13(2)20/h3-11H,1,12H2,2H3,(H,19,21). The molecule has 0 spiro atoms. The van der Waals surface area contributed by atoms with Crippen LogP contribution >= 0.6 is 0 Å². The summed E-state index contributed by atoms with van der Waals surface area (Å²) < 4.78 is 0. The van der Waals surface area contributed by atoms with E-state index in [4.69, 9.17) is 0 Å². The average Bonchev–Trinajstić information content (AvgIpc) is 2.52. The van der Waals surface area contributed by atoms with Gasteiger partial charge in [-0.1, -0.05) is 42.5 Å². The molecule has 0 aliphatic rings. The van der Waals surface area contributed by atoms with Gasteiger partial charge in [0.25, 0.3) is 5.91 Å². The summed E-state index contributed by atoms with van der Waals surface area (Å²) >= 11 is 0. The Labute approximate surface area is 124 Å². The van der Waals surface area contributed by atoms with Crippen LogP contribution in [0.2, 0.25) is 0 Å². The highest BCUT2D eigenvalue weighted by molar-refractivity contribution is 6.01. The molecule has 0 aliphatic carbocycles. The number of benzene rings is 2. The largest absolute Gasteiger partial charge is 0.349 e. The first-order chi connectivity index (χ1) is 10.1. The highest BCUT2D eigenvalue weighted by atomic mass is 16.1. The zero-order valence-electron chi connectivity index (χ0n) is 11.9. The number of Topliss-reactive ketones (excluding diaryl/α,β-unsaturated/α-hetero) is 1. The molecule has 2 aromatic rings. The molecule has 0 saturated carbocycles. The molecule has 2 rings (SSSR count). The number of amides is 1. The van der Waals surface area contributed by atoms with Crippen LogP contribution in [0.25, 0.3) is 11.1 Å². The Bertz CT molecular complexity index is 672. The number of carbonyl (C=O) groups is 2. The van der Waals surface area contributed by atoms with Crippen molar-refractivity contribution in [3.8, 4) is 11.1 Å². The molecule has 0 aliphatic heterocycles. The summed E-state index contributed by atoms with van der Waals surface area (Å²) in [5.41, 5.74) is 3.06. The Hall–Kier alpha value is -2.68. The molecule has 0 aromatic heterocycles. The molecule has 21 heavy (non-hydrogen) atoms. The maximum absolute atomic E-state index is 11.8. The van der Waals surface area contributed by atoms with E-state index in [9.17, 15) is 9.59 Å². The highest BCUT2D eigenvalue weighted by Gasteiger charge is 2.09. The van der Waals surface area contributed by atoms with Gasteiger partial charge < -0.3 is 5.32 Å². The molecule has 0 saturated heterocycles. The number of ketones is 1. The molecule has 106 valence electrons. The lowest BCUT2D eigenvalue weighted by Gasteiger charge is -2.08. The third-order valence-corrected chi connectivity index (χ3v) is 3.17. The van der Waals surface area contributed by atoms with Crippen molar-refractivity contribution in [2.45, 2.75) is 6.92 Å². The van der Waals surface area contributed by atoms with Crippen LogP contribution in [0.1, 0.15) is 27.6 Å². The van der Waals surface area contributed by atoms with E-state index in [0.29, 0.717) is 17.7 Å². The van der Waals surface area contributed by atoms with Gasteiger partial charge in [0, 0.05) is 17.7 Å². The van der Waals surface area contributed by atoms with Crippen LogP contribution < -0.4 is 5.32 Å². The van der Waals surface area contributed by atoms with Crippen LogP contribution in [-0.2, 0) is 0 Å². The Morgan fingerprint density at radius 2 is 1.76 bits per heavy atom. The molecule has 0 unspecified atom stereocenters. The Balaban J connectivity index is 2.29. The monoisotopic (exact) mass is 279 g/mol. The van der Waals surface area contributed by atoms with Gasteiger partial charge in [-0.3, -0.25) is 9.59 Å². The molecule has 0 radical (unpaired) electrons. The van der Waals surface area contributed by atoms with Crippen molar-refractivity contribution in [1.82, 2.24) is 5.32 Å². The maximum Gasteiger partial charge on any atom is 0.251 e. The Kier molecular flexibility index (Phi) is 4.67. The first kappa shape index (κ1) is 14.7. The van der Waals surface area contributed by atoms with Gasteiger partial charge in [0.05, 0.1) is 0 Å². The summed E-state index contributed by atoms with van der Waals surface area (Å²) in [6, 6.07) is 14.7. The van der Waals surface area contributed by atoms with Gasteiger partial charge in [-0.05, 0) is 30.2 Å². The second-order valence-electron chi connectivity index (χ2n) is 4.68. The molecule has 1 N–H and O–H groups in total. The van der Waals surface area contributed by atoms with Gasteiger partial charge in [-0.15, -0.1) is 6.58 Å². The zero-order chi connectivity index (χ0) is 15.2. The van der Waals surface area contributed by atoms with Crippen molar-refractivity contribution >= 4 is 11.7 Å². The predicted molar refractivity (Wildman–Crippen MR) is 84.4 cm³/mol. The minimum absolute atomic E-state index is 0.0263. The van der Waals surface area contributed by atoms with E-state index < -0.39 is 0 Å². The van der Waals surface area contributed by atoms with Crippen LogP contribution in [0.5, 0.6) is 0 Å². The number of carbonyl (C=O) groups excluding carboxylic acids is 2. The zero-order valence-corrected chi connectivity index (χ0v) is 11.9. The first-order valence-corrected chi connectivity index (χ1v) is 6.73. The van der Waals surface area contributed by atoms with Crippen LogP contribution in [0.3, 0.4) is 0 Å². The van der Waals surface area contributed by atoms with Crippen molar-refractivity contribution < 1.29 is 9.59 Å². The third-order valence-electron chi connectivity index (χ3n) is 3.17. The summed E-state index contributed by atoms with van der Waals surface area (Å²) in [6.07, 6.45) is 1.63. The molecule has 3 nitrogen and oxygen atoms in total. The van der Waals surface area contributed by atoms with Gasteiger partial charge >= 0.3 is 0 Å². The van der Waals surface area contributed by atoms with Crippen molar-refractivity contribution in [1.29, 1.82) is 0 Å². The van der Waals surface area contributed by atoms with Gasteiger partial charge in [-0.2, -0.15) is 0 Å². The number of hydrogen-bond acceptors (Lipinski definition) is 2. The van der Waals surface area contributed by atoms with Crippen molar-refractivity contribution in [3.63, 3.8) is 0 Å². The normalized spacial score (nSPS) is 9.95. The fourth-order valence-corrected chi connectivity index (χ4v) is 2.11. The number of rotatable bonds is 5. The van der Waals surface area contributed by atoms with E-state index in [1.165, 1.54) is 0 Å². The van der Waals surface area contributed by atoms with Crippen LogP contribution in [-0.4, -0.2) is 18.2 Å². The number of hydrogen-bond donors (Lipinski definition) is 1. The minimum Gasteiger partial charge on any atom is -0.349 e. The van der Waals surface area contributed by atoms with E-state index >= 15 is 0 Å². The third kappa shape index (κ3) is 3.45. The highest BCUT2D eigenvalue weighted by Crippen LogP contribution is 2.24. The van der Waals surface area contributed by atoms with Crippen LogP contribution in [0.4, 0.5) is 0 Å². The summed E-state index contributed by atoms with van der Waals surface area (Å²) in [4.78, 5) is 23.5. The van der Waals surface area contributed by atoms with Crippen LogP contribution in [0, 0.1) is 0 Å². The minimum atomic E-state index is -0.138. The van der Waals surface area contributed by atoms with E-state index in [2.05, 4.69) is 11.9 Å². The lowest BCUT2D eigenvalue weighted by molar-refractivity contribution is 0.0957. The van der Waals surface area contributed by atoms with Gasteiger partial charge in [0.15, 0.2) is 5.78 Å². The smallest absolute Gasteiger partial charge is 0.251 e. The van der Waals surface area contributed by atoms with E-state index in [-0.39, 0.29) is 11.7 Å². The lowest BCUT2D eigenvalue weighted by atomic mass is 9.97. The van der Waals surface area contributed by atoms with E-state index in [1.807, 2.05) is 36.4 Å². The van der Waals surface area contributed by atoms with Crippen LogP contribution in [0.15, 0.2) is 61.2 Å². The second-order valence-corrected chi connectivity index (χ2v) is 4.68. The van der Waals surface area contributed by atoms with Crippen molar-refractivity contribution in [2.75, 3.05) is 6.54 Å². The summed E-state index contributed by atoms with van der Waals surface area (Å²) in [6.45, 7) is 5.55. The number of nitrogens with one attached hydrogen (secondary N) is 1. The molecular formula is C18H17NO2. The molecule has 0 atom stereocenters. The molecular weight excluding hydrogens is 262 g/mol.